The monoisotopic (exact) mass is 1800 g/mol. The molecule has 0 bridgehead atoms. The summed E-state index contributed by atoms with van der Waals surface area (Å²) < 4.78 is 21.7. The minimum Gasteiger partial charge on any atom is -0.309 e. The van der Waals surface area contributed by atoms with Crippen molar-refractivity contribution < 1.29 is 0 Å². The molecule has 0 atom stereocenters. The van der Waals surface area contributed by atoms with Crippen LogP contribution in [0, 0.1) is 0 Å². The summed E-state index contributed by atoms with van der Waals surface area (Å²) in [5, 5.41) is 22.8. The molecule has 0 saturated carbocycles. The number of rotatable bonds is 10. The lowest BCUT2D eigenvalue weighted by Gasteiger charge is -2.12. The number of aromatic nitrogens is 9. The standard InChI is InChI=1S/C48H31N3.2C42H27N3/c1-3-13-34(14-4-1)49-42-20-10-8-18-38(42)41-31-33(25-29-45(41)49)32-23-26-36(27-24-32)50-44-22-12-9-19-40(44)47-46(50)30-28-39-37-17-7-11-21-43(37)51(48(39)47)35-15-5-2-6-16-35;1-2-12-28(13-3-1)45-38-20-10-6-16-33(38)34-26-27-40-41(42(34)45)35-17-7-11-21-39(35)44(40)30-24-22-29(23-25-30)43-36-18-8-4-14-31(36)32-15-5-9-19-37(32)43;1-2-12-28(13-3-1)44-39-21-11-7-17-35(39)41-40(44)27-26-34-33-16-6-10-20-38(33)45(42(34)41)30-24-22-29(23-25-30)43-36-18-8-4-14-31(36)32-15-5-9-19-37(32)43/h1-31H;2*1-27H. The zero-order valence-electron chi connectivity index (χ0n) is 76.6. The molecule has 0 radical (unpaired) electrons. The summed E-state index contributed by atoms with van der Waals surface area (Å²) in [6.07, 6.45) is 0. The van der Waals surface area contributed by atoms with Crippen LogP contribution >= 0.6 is 0 Å². The van der Waals surface area contributed by atoms with Gasteiger partial charge < -0.3 is 41.1 Å². The van der Waals surface area contributed by atoms with Crippen molar-refractivity contribution in [2.45, 2.75) is 0 Å². The molecule has 0 fully saturated rings. The van der Waals surface area contributed by atoms with Gasteiger partial charge in [0.1, 0.15) is 0 Å². The average molecular weight is 1800 g/mol. The quantitative estimate of drug-likeness (QED) is 0.131. The number of hydrogen-bond donors (Lipinski definition) is 0. The van der Waals surface area contributed by atoms with Crippen molar-refractivity contribution in [3.05, 3.63) is 516 Å². The van der Waals surface area contributed by atoms with Crippen LogP contribution in [-0.2, 0) is 0 Å². The van der Waals surface area contributed by atoms with Crippen molar-refractivity contribution in [1.82, 2.24) is 41.1 Å². The van der Waals surface area contributed by atoms with Gasteiger partial charge in [0, 0.05) is 148 Å². The van der Waals surface area contributed by atoms with E-state index in [1.54, 1.807) is 0 Å². The van der Waals surface area contributed by atoms with Crippen LogP contribution in [0.15, 0.2) is 516 Å². The Balaban J connectivity index is 0.000000102. The van der Waals surface area contributed by atoms with Crippen LogP contribution in [0.3, 0.4) is 0 Å². The lowest BCUT2D eigenvalue weighted by atomic mass is 10.0. The first kappa shape index (κ1) is 79.4. The molecule has 0 N–H and O–H groups in total. The van der Waals surface area contributed by atoms with E-state index in [1.807, 2.05) is 0 Å². The minimum atomic E-state index is 1.15. The Hall–Kier alpha value is -19.0. The van der Waals surface area contributed by atoms with Gasteiger partial charge in [-0.2, -0.15) is 0 Å². The average Bonchev–Trinajstić information content (AvgIpc) is 1.55. The summed E-state index contributed by atoms with van der Waals surface area (Å²) in [5.74, 6) is 0. The molecule has 31 rings (SSSR count). The molecule has 0 spiro atoms. The van der Waals surface area contributed by atoms with Gasteiger partial charge in [-0.15, -0.1) is 0 Å². The van der Waals surface area contributed by atoms with Crippen molar-refractivity contribution in [2.24, 2.45) is 0 Å². The first-order valence-corrected chi connectivity index (χ1v) is 48.5. The lowest BCUT2D eigenvalue weighted by Crippen LogP contribution is -1.97. The third-order valence-electron chi connectivity index (χ3n) is 29.5. The Bertz CT molecular complexity index is 10400. The van der Waals surface area contributed by atoms with Crippen molar-refractivity contribution in [3.8, 4) is 62.3 Å². The van der Waals surface area contributed by atoms with Crippen LogP contribution in [0.1, 0.15) is 0 Å². The smallest absolute Gasteiger partial charge is 0.0641 e. The van der Waals surface area contributed by atoms with Crippen molar-refractivity contribution in [3.63, 3.8) is 0 Å². The molecule has 0 unspecified atom stereocenters. The fourth-order valence-corrected chi connectivity index (χ4v) is 23.6. The van der Waals surface area contributed by atoms with Crippen LogP contribution in [0.25, 0.3) is 259 Å². The molecule has 22 aromatic carbocycles. The van der Waals surface area contributed by atoms with E-state index in [-0.39, 0.29) is 0 Å². The maximum atomic E-state index is 2.46. The molecule has 9 aromatic heterocycles. The summed E-state index contributed by atoms with van der Waals surface area (Å²) in [7, 11) is 0. The summed E-state index contributed by atoms with van der Waals surface area (Å²) in [6.45, 7) is 0. The SMILES string of the molecule is c1ccc(-n2c3ccccc3c3c2ccc2c4ccccc4n(-c4ccc(-n5c6ccccc6c6ccccc65)cc4)c23)cc1.c1ccc(-n2c3ccccc3c3cc(-c4ccc(-n5c6ccccc6c6c5ccc5c7ccccc7n(-c7ccccc7)c56)cc4)ccc32)cc1.c1ccc(-n2c3ccccc3c3ccc4c(c5ccccc5n4-c4ccc(-n5c6ccccc6c6ccccc65)cc4)c32)cc1. The number of nitrogens with zero attached hydrogens (tertiary/aromatic N) is 9. The van der Waals surface area contributed by atoms with E-state index < -0.39 is 0 Å². The van der Waals surface area contributed by atoms with Gasteiger partial charge in [0.05, 0.1) is 99.3 Å². The highest BCUT2D eigenvalue weighted by atomic mass is 15.1. The number of hydrogen-bond acceptors (Lipinski definition) is 0. The lowest BCUT2D eigenvalue weighted by molar-refractivity contribution is 1.14. The van der Waals surface area contributed by atoms with Gasteiger partial charge in [-0.1, -0.05) is 309 Å². The van der Waals surface area contributed by atoms with Gasteiger partial charge >= 0.3 is 0 Å². The Morgan fingerprint density at radius 2 is 0.255 bits per heavy atom. The molecule has 9 nitrogen and oxygen atoms in total. The molecule has 141 heavy (non-hydrogen) atoms. The molecule has 31 aromatic rings. The molecule has 0 aliphatic carbocycles. The molecule has 0 aliphatic rings. The van der Waals surface area contributed by atoms with Crippen LogP contribution in [-0.4, -0.2) is 41.1 Å². The van der Waals surface area contributed by atoms with E-state index in [1.165, 1.54) is 230 Å². The molecule has 0 aliphatic heterocycles. The predicted octanol–water partition coefficient (Wildman–Crippen LogP) is 34.6. The van der Waals surface area contributed by atoms with Crippen molar-refractivity contribution in [1.29, 1.82) is 0 Å². The maximum Gasteiger partial charge on any atom is 0.0641 e. The maximum absolute atomic E-state index is 2.46. The Kier molecular flexibility index (Phi) is 17.9. The fraction of sp³-hybridized carbons (Fsp3) is 0. The predicted molar refractivity (Wildman–Crippen MR) is 594 cm³/mol. The van der Waals surface area contributed by atoms with Crippen molar-refractivity contribution >= 4 is 196 Å². The normalized spacial score (nSPS) is 12.0. The largest absolute Gasteiger partial charge is 0.309 e. The van der Waals surface area contributed by atoms with E-state index in [2.05, 4.69) is 557 Å². The van der Waals surface area contributed by atoms with Gasteiger partial charge in [0.2, 0.25) is 0 Å². The van der Waals surface area contributed by atoms with Crippen LogP contribution < -0.4 is 0 Å². The second kappa shape index (κ2) is 31.8. The Morgan fingerprint density at radius 1 is 0.0922 bits per heavy atom. The topological polar surface area (TPSA) is 44.4 Å². The number of para-hydroxylation sites is 15. The van der Waals surface area contributed by atoms with E-state index in [0.29, 0.717) is 0 Å². The van der Waals surface area contributed by atoms with E-state index in [0.717, 1.165) is 28.4 Å². The van der Waals surface area contributed by atoms with Crippen molar-refractivity contribution in [2.75, 3.05) is 0 Å². The second-order valence-electron chi connectivity index (χ2n) is 36.9. The van der Waals surface area contributed by atoms with E-state index >= 15 is 0 Å². The third kappa shape index (κ3) is 12.1. The highest BCUT2D eigenvalue weighted by Crippen LogP contribution is 2.49. The first-order chi connectivity index (χ1) is 70.1. The molecular weight excluding hydrogens is 1710 g/mol. The molecular formula is C132H85N9. The highest BCUT2D eigenvalue weighted by molar-refractivity contribution is 6.30. The summed E-state index contributed by atoms with van der Waals surface area (Å²) in [6, 6.07) is 187. The van der Waals surface area contributed by atoms with Gasteiger partial charge in [-0.05, 0) is 217 Å². The highest BCUT2D eigenvalue weighted by Gasteiger charge is 2.27. The summed E-state index contributed by atoms with van der Waals surface area (Å²) in [4.78, 5) is 0. The summed E-state index contributed by atoms with van der Waals surface area (Å²) >= 11 is 0. The Labute approximate surface area is 809 Å². The third-order valence-corrected chi connectivity index (χ3v) is 29.5. The molecule has 9 heterocycles. The van der Waals surface area contributed by atoms with E-state index in [4.69, 9.17) is 0 Å². The second-order valence-corrected chi connectivity index (χ2v) is 36.9. The first-order valence-electron chi connectivity index (χ1n) is 48.5. The Morgan fingerprint density at radius 3 is 0.525 bits per heavy atom. The van der Waals surface area contributed by atoms with Crippen LogP contribution in [0.5, 0.6) is 0 Å². The van der Waals surface area contributed by atoms with Gasteiger partial charge in [0.25, 0.3) is 0 Å². The molecule has 9 heteroatoms. The molecule has 658 valence electrons. The van der Waals surface area contributed by atoms with Gasteiger partial charge in [-0.3, -0.25) is 0 Å². The van der Waals surface area contributed by atoms with Crippen LogP contribution in [0.2, 0.25) is 0 Å². The molecule has 0 saturated heterocycles. The van der Waals surface area contributed by atoms with Crippen LogP contribution in [0.4, 0.5) is 0 Å². The molecule has 0 amide bonds. The number of benzene rings is 22. The fourth-order valence-electron chi connectivity index (χ4n) is 23.6. The van der Waals surface area contributed by atoms with Gasteiger partial charge in [0.15, 0.2) is 0 Å². The van der Waals surface area contributed by atoms with Gasteiger partial charge in [-0.25, -0.2) is 0 Å². The number of fused-ring (bicyclic) bond motifs is 30. The zero-order valence-corrected chi connectivity index (χ0v) is 76.6. The minimum absolute atomic E-state index is 1.15. The zero-order chi connectivity index (χ0) is 92.4. The summed E-state index contributed by atoms with van der Waals surface area (Å²) in [5.41, 5.74) is 34.8. The van der Waals surface area contributed by atoms with E-state index in [9.17, 15) is 0 Å².